The maximum Gasteiger partial charge on any atom is 0.105 e. The molecule has 0 amide bonds. The predicted octanol–water partition coefficient (Wildman–Crippen LogP) is 2.58. The lowest BCUT2D eigenvalue weighted by Gasteiger charge is -2.30. The van der Waals surface area contributed by atoms with E-state index in [-0.39, 0.29) is 0 Å². The van der Waals surface area contributed by atoms with Gasteiger partial charge in [-0.05, 0) is 44.4 Å². The lowest BCUT2D eigenvalue weighted by Crippen LogP contribution is -2.46. The van der Waals surface area contributed by atoms with E-state index in [0.29, 0.717) is 12.1 Å². The van der Waals surface area contributed by atoms with Crippen LogP contribution < -0.4 is 10.6 Å². The Morgan fingerprint density at radius 2 is 2.44 bits per heavy atom. The quantitative estimate of drug-likeness (QED) is 0.815. The molecular weight excluding hydrogens is 224 g/mol. The van der Waals surface area contributed by atoms with Crippen molar-refractivity contribution in [2.75, 3.05) is 13.1 Å². The summed E-state index contributed by atoms with van der Waals surface area (Å²) in [6, 6.07) is 5.11. The molecule has 2 N–H and O–H groups in total. The van der Waals surface area contributed by atoms with Crippen LogP contribution in [0.2, 0.25) is 0 Å². The molecule has 3 unspecified atom stereocenters. The zero-order chi connectivity index (χ0) is 12.8. The Bertz CT molecular complexity index is 323. The third kappa shape index (κ3) is 4.14. The summed E-state index contributed by atoms with van der Waals surface area (Å²) in [5.41, 5.74) is 0. The monoisotopic (exact) mass is 250 g/mol. The fourth-order valence-electron chi connectivity index (χ4n) is 2.77. The van der Waals surface area contributed by atoms with Gasteiger partial charge in [-0.15, -0.1) is 0 Å². The van der Waals surface area contributed by atoms with E-state index in [4.69, 9.17) is 4.42 Å². The summed E-state index contributed by atoms with van der Waals surface area (Å²) in [5, 5.41) is 7.22. The fraction of sp³-hybridized carbons (Fsp3) is 0.733. The van der Waals surface area contributed by atoms with Crippen LogP contribution in [0.4, 0.5) is 0 Å². The second-order valence-electron chi connectivity index (χ2n) is 5.54. The highest BCUT2D eigenvalue weighted by Crippen LogP contribution is 2.18. The van der Waals surface area contributed by atoms with Crippen molar-refractivity contribution in [2.45, 2.75) is 51.6 Å². The molecule has 3 heteroatoms. The van der Waals surface area contributed by atoms with Crippen LogP contribution in [0.15, 0.2) is 22.8 Å². The third-order valence-corrected chi connectivity index (χ3v) is 3.98. The first-order valence-electron chi connectivity index (χ1n) is 7.27. The molecule has 0 aromatic carbocycles. The highest BCUT2D eigenvalue weighted by molar-refractivity contribution is 5.00. The largest absolute Gasteiger partial charge is 0.469 e. The highest BCUT2D eigenvalue weighted by Gasteiger charge is 2.20. The summed E-state index contributed by atoms with van der Waals surface area (Å²) in [7, 11) is 0. The van der Waals surface area contributed by atoms with Crippen LogP contribution in [0.5, 0.6) is 0 Å². The van der Waals surface area contributed by atoms with E-state index in [9.17, 15) is 0 Å². The Balaban J connectivity index is 1.67. The molecule has 1 fully saturated rings. The number of nitrogens with one attached hydrogen (secondary N) is 2. The first kappa shape index (κ1) is 13.6. The van der Waals surface area contributed by atoms with Gasteiger partial charge in [-0.1, -0.05) is 13.3 Å². The molecule has 0 aliphatic carbocycles. The van der Waals surface area contributed by atoms with E-state index < -0.39 is 0 Å². The van der Waals surface area contributed by atoms with Gasteiger partial charge in [0.2, 0.25) is 0 Å². The normalized spacial score (nSPS) is 26.1. The summed E-state index contributed by atoms with van der Waals surface area (Å²) < 4.78 is 5.37. The maximum absolute atomic E-state index is 5.37. The van der Waals surface area contributed by atoms with Gasteiger partial charge < -0.3 is 15.1 Å². The first-order chi connectivity index (χ1) is 8.78. The summed E-state index contributed by atoms with van der Waals surface area (Å²) in [6.07, 6.45) is 6.69. The molecule has 0 spiro atoms. The Labute approximate surface area is 110 Å². The minimum Gasteiger partial charge on any atom is -0.469 e. The van der Waals surface area contributed by atoms with Crippen molar-refractivity contribution in [3.63, 3.8) is 0 Å². The van der Waals surface area contributed by atoms with Crippen LogP contribution in [-0.2, 0) is 6.42 Å². The third-order valence-electron chi connectivity index (χ3n) is 3.98. The van der Waals surface area contributed by atoms with Gasteiger partial charge in [0.15, 0.2) is 0 Å². The molecule has 18 heavy (non-hydrogen) atoms. The number of rotatable bonds is 6. The van der Waals surface area contributed by atoms with E-state index >= 15 is 0 Å². The van der Waals surface area contributed by atoms with Gasteiger partial charge >= 0.3 is 0 Å². The van der Waals surface area contributed by atoms with Gasteiger partial charge in [-0.3, -0.25) is 0 Å². The minimum absolute atomic E-state index is 0.472. The smallest absolute Gasteiger partial charge is 0.105 e. The maximum atomic E-state index is 5.37. The van der Waals surface area contributed by atoms with E-state index in [1.54, 1.807) is 6.26 Å². The molecule has 1 aliphatic rings. The van der Waals surface area contributed by atoms with Crippen molar-refractivity contribution < 1.29 is 4.42 Å². The average molecular weight is 250 g/mol. The topological polar surface area (TPSA) is 37.2 Å². The molecule has 0 bridgehead atoms. The molecule has 1 aromatic rings. The van der Waals surface area contributed by atoms with Crippen molar-refractivity contribution in [1.82, 2.24) is 10.6 Å². The van der Waals surface area contributed by atoms with Gasteiger partial charge in [0.25, 0.3) is 0 Å². The van der Waals surface area contributed by atoms with Crippen molar-refractivity contribution in [1.29, 1.82) is 0 Å². The average Bonchev–Trinajstić information content (AvgIpc) is 2.89. The molecule has 102 valence electrons. The highest BCUT2D eigenvalue weighted by atomic mass is 16.3. The second kappa shape index (κ2) is 6.95. The molecule has 0 radical (unpaired) electrons. The SMILES string of the molecule is CCC1CCNC(CNC(C)Cc2ccco2)C1. The van der Waals surface area contributed by atoms with E-state index in [1.165, 1.54) is 25.8 Å². The Kier molecular flexibility index (Phi) is 5.26. The van der Waals surface area contributed by atoms with Crippen molar-refractivity contribution in [3.8, 4) is 0 Å². The Hall–Kier alpha value is -0.800. The Morgan fingerprint density at radius 1 is 1.56 bits per heavy atom. The number of piperidine rings is 1. The van der Waals surface area contributed by atoms with E-state index in [0.717, 1.165) is 24.6 Å². The van der Waals surface area contributed by atoms with Gasteiger partial charge in [-0.25, -0.2) is 0 Å². The van der Waals surface area contributed by atoms with E-state index in [2.05, 4.69) is 24.5 Å². The molecule has 3 atom stereocenters. The summed E-state index contributed by atoms with van der Waals surface area (Å²) in [6.45, 7) is 6.78. The molecule has 2 heterocycles. The summed E-state index contributed by atoms with van der Waals surface area (Å²) in [5.74, 6) is 1.98. The van der Waals surface area contributed by atoms with Crippen LogP contribution in [-0.4, -0.2) is 25.2 Å². The van der Waals surface area contributed by atoms with Crippen molar-refractivity contribution in [3.05, 3.63) is 24.2 Å². The van der Waals surface area contributed by atoms with Crippen LogP contribution >= 0.6 is 0 Å². The molecule has 1 aromatic heterocycles. The van der Waals surface area contributed by atoms with Gasteiger partial charge in [0.1, 0.15) is 5.76 Å². The summed E-state index contributed by atoms with van der Waals surface area (Å²) >= 11 is 0. The second-order valence-corrected chi connectivity index (χ2v) is 5.54. The predicted molar refractivity (Wildman–Crippen MR) is 74.7 cm³/mol. The number of furan rings is 1. The van der Waals surface area contributed by atoms with E-state index in [1.807, 2.05) is 12.1 Å². The number of hydrogen-bond acceptors (Lipinski definition) is 3. The zero-order valence-corrected chi connectivity index (χ0v) is 11.6. The molecule has 0 saturated carbocycles. The molecular formula is C15H26N2O. The summed E-state index contributed by atoms with van der Waals surface area (Å²) in [4.78, 5) is 0. The van der Waals surface area contributed by atoms with Gasteiger partial charge in [-0.2, -0.15) is 0 Å². The molecule has 1 saturated heterocycles. The van der Waals surface area contributed by atoms with Crippen LogP contribution in [0, 0.1) is 5.92 Å². The standard InChI is InChI=1S/C15H26N2O/c1-3-13-6-7-16-14(10-13)11-17-12(2)9-15-5-4-8-18-15/h4-5,8,12-14,16-17H,3,6-7,9-11H2,1-2H3. The van der Waals surface area contributed by atoms with Crippen molar-refractivity contribution in [2.24, 2.45) is 5.92 Å². The molecule has 2 rings (SSSR count). The zero-order valence-electron chi connectivity index (χ0n) is 11.6. The van der Waals surface area contributed by atoms with Gasteiger partial charge in [0.05, 0.1) is 6.26 Å². The molecule has 3 nitrogen and oxygen atoms in total. The van der Waals surface area contributed by atoms with Crippen molar-refractivity contribution >= 4 is 0 Å². The molecule has 1 aliphatic heterocycles. The minimum atomic E-state index is 0.472. The number of hydrogen-bond donors (Lipinski definition) is 2. The Morgan fingerprint density at radius 3 is 3.17 bits per heavy atom. The van der Waals surface area contributed by atoms with Crippen LogP contribution in [0.3, 0.4) is 0 Å². The lowest BCUT2D eigenvalue weighted by atomic mass is 9.90. The first-order valence-corrected chi connectivity index (χ1v) is 7.27. The lowest BCUT2D eigenvalue weighted by molar-refractivity contribution is 0.282. The van der Waals surface area contributed by atoms with Crippen LogP contribution in [0.1, 0.15) is 38.9 Å². The van der Waals surface area contributed by atoms with Crippen LogP contribution in [0.25, 0.3) is 0 Å². The fourth-order valence-corrected chi connectivity index (χ4v) is 2.77. The van der Waals surface area contributed by atoms with Gasteiger partial charge in [0, 0.05) is 25.0 Å².